The van der Waals surface area contributed by atoms with Crippen molar-refractivity contribution in [2.75, 3.05) is 25.4 Å². The number of nitrogens with zero attached hydrogens (tertiary/aromatic N) is 1. The van der Waals surface area contributed by atoms with E-state index < -0.39 is 28.3 Å². The molecule has 2 aliphatic heterocycles. The number of amides is 2. The van der Waals surface area contributed by atoms with Crippen molar-refractivity contribution in [3.63, 3.8) is 0 Å². The number of hydrogen-bond donors (Lipinski definition) is 1. The van der Waals surface area contributed by atoms with E-state index in [0.29, 0.717) is 0 Å². The molecular formula is C16H20F2N2O4S. The zero-order chi connectivity index (χ0) is 18.0. The molecule has 2 amide bonds. The number of nitrogens with one attached hydrogen (secondary N) is 1. The van der Waals surface area contributed by atoms with Gasteiger partial charge in [-0.25, -0.2) is 22.0 Å². The number of urea groups is 1. The molecule has 25 heavy (non-hydrogen) atoms. The van der Waals surface area contributed by atoms with Crippen molar-refractivity contribution in [3.05, 3.63) is 24.3 Å². The Labute approximate surface area is 145 Å². The van der Waals surface area contributed by atoms with Crippen molar-refractivity contribution in [2.24, 2.45) is 5.92 Å². The first-order chi connectivity index (χ1) is 11.9. The largest absolute Gasteiger partial charge is 0.486 e. The van der Waals surface area contributed by atoms with Crippen LogP contribution in [0, 0.1) is 5.92 Å². The minimum Gasteiger partial charge on any atom is -0.486 e. The predicted octanol–water partition coefficient (Wildman–Crippen LogP) is 1.91. The summed E-state index contributed by atoms with van der Waals surface area (Å²) in [5.41, 5.74) is 0. The molecule has 1 unspecified atom stereocenters. The summed E-state index contributed by atoms with van der Waals surface area (Å²) in [6.07, 6.45) is -2.49. The number of piperidine rings is 1. The lowest BCUT2D eigenvalue weighted by molar-refractivity contribution is 0.0418. The summed E-state index contributed by atoms with van der Waals surface area (Å²) >= 11 is 0. The molecule has 1 fully saturated rings. The van der Waals surface area contributed by atoms with Gasteiger partial charge in [0.25, 0.3) is 0 Å². The number of halogens is 2. The summed E-state index contributed by atoms with van der Waals surface area (Å²) in [4.78, 5) is 13.8. The van der Waals surface area contributed by atoms with E-state index in [1.54, 1.807) is 18.2 Å². The van der Waals surface area contributed by atoms with E-state index in [9.17, 15) is 22.0 Å². The van der Waals surface area contributed by atoms with Crippen molar-refractivity contribution in [1.29, 1.82) is 0 Å². The number of likely N-dealkylation sites (tertiary alicyclic amines) is 1. The van der Waals surface area contributed by atoms with Crippen LogP contribution in [-0.4, -0.2) is 57.3 Å². The van der Waals surface area contributed by atoms with Gasteiger partial charge in [-0.3, -0.25) is 0 Å². The van der Waals surface area contributed by atoms with Crippen LogP contribution in [0.15, 0.2) is 29.2 Å². The SMILES string of the molecule is O=C(NCC1CS(=O)(=O)c2ccccc2O1)N1CCC(C(F)F)CC1. The van der Waals surface area contributed by atoms with E-state index in [1.165, 1.54) is 11.0 Å². The van der Waals surface area contributed by atoms with Gasteiger partial charge < -0.3 is 15.0 Å². The van der Waals surface area contributed by atoms with Gasteiger partial charge in [-0.1, -0.05) is 12.1 Å². The molecule has 0 radical (unpaired) electrons. The quantitative estimate of drug-likeness (QED) is 0.877. The fourth-order valence-corrected chi connectivity index (χ4v) is 4.68. The highest BCUT2D eigenvalue weighted by Crippen LogP contribution is 2.30. The predicted molar refractivity (Wildman–Crippen MR) is 86.6 cm³/mol. The average Bonchev–Trinajstić information content (AvgIpc) is 2.59. The molecule has 9 heteroatoms. The molecule has 3 rings (SSSR count). The molecule has 0 aliphatic carbocycles. The normalized spacial score (nSPS) is 23.0. The lowest BCUT2D eigenvalue weighted by Gasteiger charge is -2.32. The molecule has 1 aromatic carbocycles. The molecule has 0 saturated carbocycles. The smallest absolute Gasteiger partial charge is 0.317 e. The van der Waals surface area contributed by atoms with E-state index in [1.807, 2.05) is 0 Å². The number of carbonyl (C=O) groups excluding carboxylic acids is 1. The van der Waals surface area contributed by atoms with Gasteiger partial charge in [0.15, 0.2) is 9.84 Å². The highest BCUT2D eigenvalue weighted by Gasteiger charge is 2.33. The van der Waals surface area contributed by atoms with Crippen LogP contribution in [0.1, 0.15) is 12.8 Å². The Kier molecular flexibility index (Phi) is 5.12. The van der Waals surface area contributed by atoms with Gasteiger partial charge in [-0.2, -0.15) is 0 Å². The van der Waals surface area contributed by atoms with Crippen molar-refractivity contribution in [3.8, 4) is 5.75 Å². The Morgan fingerprint density at radius 2 is 1.96 bits per heavy atom. The standard InChI is InChI=1S/C16H20F2N2O4S/c17-15(18)11-5-7-20(8-6-11)16(21)19-9-12-10-25(22,23)14-4-2-1-3-13(14)24-12/h1-4,11-12,15H,5-10H2,(H,19,21). The van der Waals surface area contributed by atoms with E-state index in [-0.39, 0.29) is 54.9 Å². The fourth-order valence-electron chi connectivity index (χ4n) is 3.12. The molecule has 0 bridgehead atoms. The second-order valence-corrected chi connectivity index (χ2v) is 8.32. The number of alkyl halides is 2. The number of sulfone groups is 1. The number of benzene rings is 1. The third kappa shape index (κ3) is 4.02. The third-order valence-electron chi connectivity index (χ3n) is 4.55. The Morgan fingerprint density at radius 1 is 1.28 bits per heavy atom. The van der Waals surface area contributed by atoms with Crippen LogP contribution >= 0.6 is 0 Å². The Hall–Kier alpha value is -1.90. The minimum atomic E-state index is -3.45. The van der Waals surface area contributed by atoms with Gasteiger partial charge >= 0.3 is 6.03 Å². The maximum Gasteiger partial charge on any atom is 0.317 e. The van der Waals surface area contributed by atoms with Crippen LogP contribution in [0.25, 0.3) is 0 Å². The van der Waals surface area contributed by atoms with Gasteiger partial charge in [0, 0.05) is 19.0 Å². The van der Waals surface area contributed by atoms with Crippen molar-refractivity contribution in [2.45, 2.75) is 30.3 Å². The summed E-state index contributed by atoms with van der Waals surface area (Å²) in [5.74, 6) is -0.587. The van der Waals surface area contributed by atoms with Gasteiger partial charge in [0.2, 0.25) is 6.43 Å². The lowest BCUT2D eigenvalue weighted by Crippen LogP contribution is -2.49. The Morgan fingerprint density at radius 3 is 2.64 bits per heavy atom. The number of para-hydroxylation sites is 1. The molecule has 2 heterocycles. The van der Waals surface area contributed by atoms with E-state index in [4.69, 9.17) is 4.74 Å². The number of hydrogen-bond acceptors (Lipinski definition) is 4. The molecule has 1 aromatic rings. The molecule has 0 aromatic heterocycles. The number of carbonyl (C=O) groups is 1. The summed E-state index contributed by atoms with van der Waals surface area (Å²) in [6, 6.07) is 6.00. The van der Waals surface area contributed by atoms with Gasteiger partial charge in [-0.15, -0.1) is 0 Å². The number of fused-ring (bicyclic) bond motifs is 1. The zero-order valence-corrected chi connectivity index (χ0v) is 14.3. The summed E-state index contributed by atoms with van der Waals surface area (Å²) < 4.78 is 55.4. The average molecular weight is 374 g/mol. The highest BCUT2D eigenvalue weighted by molar-refractivity contribution is 7.91. The summed E-state index contributed by atoms with van der Waals surface area (Å²) in [6.45, 7) is 0.585. The van der Waals surface area contributed by atoms with Crippen molar-refractivity contribution < 1.29 is 26.7 Å². The van der Waals surface area contributed by atoms with E-state index >= 15 is 0 Å². The van der Waals surface area contributed by atoms with Crippen LogP contribution in [0.5, 0.6) is 5.75 Å². The first kappa shape index (κ1) is 17.9. The highest BCUT2D eigenvalue weighted by atomic mass is 32.2. The molecule has 138 valence electrons. The van der Waals surface area contributed by atoms with Crippen molar-refractivity contribution >= 4 is 15.9 Å². The van der Waals surface area contributed by atoms with Crippen LogP contribution < -0.4 is 10.1 Å². The summed E-state index contributed by atoms with van der Waals surface area (Å²) in [7, 11) is -3.45. The second-order valence-electron chi connectivity index (χ2n) is 6.31. The van der Waals surface area contributed by atoms with Crippen LogP contribution in [0.3, 0.4) is 0 Å². The maximum atomic E-state index is 12.6. The third-order valence-corrected chi connectivity index (χ3v) is 6.37. The zero-order valence-electron chi connectivity index (χ0n) is 13.5. The Balaban J connectivity index is 1.54. The Bertz CT molecular complexity index is 733. The molecule has 0 spiro atoms. The monoisotopic (exact) mass is 374 g/mol. The molecule has 2 aliphatic rings. The van der Waals surface area contributed by atoms with E-state index in [0.717, 1.165) is 0 Å². The molecular weight excluding hydrogens is 354 g/mol. The van der Waals surface area contributed by atoms with Gasteiger partial charge in [0.05, 0.1) is 12.3 Å². The number of ether oxygens (including phenoxy) is 1. The second kappa shape index (κ2) is 7.15. The van der Waals surface area contributed by atoms with Crippen LogP contribution in [0.4, 0.5) is 13.6 Å². The first-order valence-electron chi connectivity index (χ1n) is 8.16. The fraction of sp³-hybridized carbons (Fsp3) is 0.562. The van der Waals surface area contributed by atoms with Crippen molar-refractivity contribution in [1.82, 2.24) is 10.2 Å². The van der Waals surface area contributed by atoms with Crippen LogP contribution in [-0.2, 0) is 9.84 Å². The van der Waals surface area contributed by atoms with E-state index in [2.05, 4.69) is 5.32 Å². The first-order valence-corrected chi connectivity index (χ1v) is 9.81. The van der Waals surface area contributed by atoms with Crippen LogP contribution in [0.2, 0.25) is 0 Å². The summed E-state index contributed by atoms with van der Waals surface area (Å²) in [5, 5.41) is 2.64. The topological polar surface area (TPSA) is 75.7 Å². The molecule has 1 atom stereocenters. The molecule has 6 nitrogen and oxygen atoms in total. The van der Waals surface area contributed by atoms with Gasteiger partial charge in [-0.05, 0) is 25.0 Å². The van der Waals surface area contributed by atoms with Gasteiger partial charge in [0.1, 0.15) is 16.7 Å². The minimum absolute atomic E-state index is 0.0428. The lowest BCUT2D eigenvalue weighted by atomic mass is 9.98. The molecule has 1 N–H and O–H groups in total. The maximum absolute atomic E-state index is 12.6. The molecule has 1 saturated heterocycles. The number of rotatable bonds is 3.